The van der Waals surface area contributed by atoms with Crippen LogP contribution in [0.5, 0.6) is 0 Å². The summed E-state index contributed by atoms with van der Waals surface area (Å²) in [5.41, 5.74) is 2.81. The van der Waals surface area contributed by atoms with E-state index in [1.165, 1.54) is 11.3 Å². The van der Waals surface area contributed by atoms with E-state index in [1.807, 2.05) is 12.1 Å². The molecule has 3 nitrogen and oxygen atoms in total. The van der Waals surface area contributed by atoms with Crippen molar-refractivity contribution in [1.82, 2.24) is 9.97 Å². The van der Waals surface area contributed by atoms with Gasteiger partial charge < -0.3 is 5.11 Å². The zero-order chi connectivity index (χ0) is 9.80. The number of hydrogen-bond donors (Lipinski definition) is 1. The molecule has 0 aliphatic heterocycles. The van der Waals surface area contributed by atoms with Gasteiger partial charge in [-0.05, 0) is 17.7 Å². The Kier molecular flexibility index (Phi) is 2.86. The van der Waals surface area contributed by atoms with E-state index in [0.717, 1.165) is 10.4 Å². The van der Waals surface area contributed by atoms with E-state index in [2.05, 4.69) is 9.97 Å². The molecule has 0 aliphatic rings. The highest BCUT2D eigenvalue weighted by Gasteiger charge is 2.09. The molecule has 4 heteroatoms. The summed E-state index contributed by atoms with van der Waals surface area (Å²) in [6.07, 6.45) is 5.33. The van der Waals surface area contributed by atoms with Crippen molar-refractivity contribution >= 4 is 11.3 Å². The predicted molar refractivity (Wildman–Crippen MR) is 55.0 cm³/mol. The van der Waals surface area contributed by atoms with Crippen molar-refractivity contribution in [3.63, 3.8) is 0 Å². The smallest absolute Gasteiger partial charge is 0.0938 e. The van der Waals surface area contributed by atoms with Crippen LogP contribution in [0.25, 0.3) is 0 Å². The van der Waals surface area contributed by atoms with E-state index >= 15 is 0 Å². The monoisotopic (exact) mass is 206 g/mol. The summed E-state index contributed by atoms with van der Waals surface area (Å²) < 4.78 is 0. The van der Waals surface area contributed by atoms with Crippen molar-refractivity contribution in [3.05, 3.63) is 46.7 Å². The van der Waals surface area contributed by atoms with Gasteiger partial charge in [0.25, 0.3) is 0 Å². The molecule has 1 atom stereocenters. The van der Waals surface area contributed by atoms with Crippen LogP contribution in [-0.4, -0.2) is 15.1 Å². The Bertz CT molecular complexity index is 374. The molecule has 0 spiro atoms. The molecule has 14 heavy (non-hydrogen) atoms. The van der Waals surface area contributed by atoms with Crippen LogP contribution in [0.1, 0.15) is 16.5 Å². The third-order valence-electron chi connectivity index (χ3n) is 1.96. The van der Waals surface area contributed by atoms with Crippen molar-refractivity contribution in [2.45, 2.75) is 12.5 Å². The minimum absolute atomic E-state index is 0.454. The number of aliphatic hydroxyl groups excluding tert-OH is 1. The molecule has 0 aliphatic carbocycles. The van der Waals surface area contributed by atoms with E-state index < -0.39 is 6.10 Å². The van der Waals surface area contributed by atoms with Gasteiger partial charge in [0.05, 0.1) is 16.5 Å². The summed E-state index contributed by atoms with van der Waals surface area (Å²) in [6.45, 7) is 0. The van der Waals surface area contributed by atoms with E-state index in [4.69, 9.17) is 0 Å². The first-order chi connectivity index (χ1) is 6.86. The minimum Gasteiger partial charge on any atom is -0.387 e. The fraction of sp³-hybridized carbons (Fsp3) is 0.200. The third kappa shape index (κ3) is 2.16. The van der Waals surface area contributed by atoms with E-state index in [1.54, 1.807) is 24.1 Å². The Balaban J connectivity index is 2.06. The van der Waals surface area contributed by atoms with Crippen LogP contribution in [0, 0.1) is 0 Å². The van der Waals surface area contributed by atoms with Crippen LogP contribution >= 0.6 is 11.3 Å². The van der Waals surface area contributed by atoms with Crippen molar-refractivity contribution in [3.8, 4) is 0 Å². The maximum Gasteiger partial charge on any atom is 0.0938 e. The van der Waals surface area contributed by atoms with Crippen molar-refractivity contribution in [2.24, 2.45) is 0 Å². The summed E-state index contributed by atoms with van der Waals surface area (Å²) in [7, 11) is 0. The molecule has 1 unspecified atom stereocenters. The molecular weight excluding hydrogens is 196 g/mol. The zero-order valence-electron chi connectivity index (χ0n) is 7.50. The Morgan fingerprint density at radius 2 is 2.07 bits per heavy atom. The van der Waals surface area contributed by atoms with Gasteiger partial charge in [-0.2, -0.15) is 0 Å². The van der Waals surface area contributed by atoms with Gasteiger partial charge in [0.15, 0.2) is 0 Å². The maximum atomic E-state index is 9.81. The number of rotatable bonds is 3. The lowest BCUT2D eigenvalue weighted by atomic mass is 10.1. The molecule has 0 bridgehead atoms. The second-order valence-electron chi connectivity index (χ2n) is 2.98. The Morgan fingerprint density at radius 3 is 2.71 bits per heavy atom. The average molecular weight is 206 g/mol. The highest BCUT2D eigenvalue weighted by atomic mass is 32.1. The second-order valence-corrected chi connectivity index (χ2v) is 3.90. The van der Waals surface area contributed by atoms with Gasteiger partial charge in [-0.1, -0.05) is 0 Å². The Hall–Kier alpha value is -1.26. The number of aliphatic hydroxyl groups is 1. The van der Waals surface area contributed by atoms with Crippen molar-refractivity contribution in [2.75, 3.05) is 0 Å². The summed E-state index contributed by atoms with van der Waals surface area (Å²) in [5.74, 6) is 0. The molecule has 0 fully saturated rings. The molecule has 0 amide bonds. The summed E-state index contributed by atoms with van der Waals surface area (Å²) in [6, 6.07) is 3.81. The number of thiazole rings is 1. The quantitative estimate of drug-likeness (QED) is 0.833. The number of aromatic nitrogens is 2. The number of nitrogens with zero attached hydrogens (tertiary/aromatic N) is 2. The molecule has 0 saturated carbocycles. The molecule has 2 rings (SSSR count). The van der Waals surface area contributed by atoms with Crippen molar-refractivity contribution < 1.29 is 5.11 Å². The molecular formula is C10H10N2OS. The largest absolute Gasteiger partial charge is 0.387 e. The first kappa shape index (κ1) is 9.30. The normalized spacial score (nSPS) is 12.6. The lowest BCUT2D eigenvalue weighted by molar-refractivity contribution is 0.182. The lowest BCUT2D eigenvalue weighted by Crippen LogP contribution is -1.99. The van der Waals surface area contributed by atoms with Crippen LogP contribution in [0.2, 0.25) is 0 Å². The van der Waals surface area contributed by atoms with Gasteiger partial charge in [0.2, 0.25) is 0 Å². The molecule has 0 aromatic carbocycles. The highest BCUT2D eigenvalue weighted by Crippen LogP contribution is 2.20. The Morgan fingerprint density at radius 1 is 1.29 bits per heavy atom. The van der Waals surface area contributed by atoms with Crippen molar-refractivity contribution in [1.29, 1.82) is 0 Å². The zero-order valence-corrected chi connectivity index (χ0v) is 8.31. The van der Waals surface area contributed by atoms with Crippen LogP contribution in [0.15, 0.2) is 36.2 Å². The van der Waals surface area contributed by atoms with Gasteiger partial charge in [0, 0.05) is 25.0 Å². The predicted octanol–water partition coefficient (Wildman–Crippen LogP) is 1.81. The molecule has 72 valence electrons. The minimum atomic E-state index is -0.454. The SMILES string of the molecule is OC(Cc1ccncc1)c1cncs1. The first-order valence-corrected chi connectivity index (χ1v) is 5.19. The number of hydrogen-bond acceptors (Lipinski definition) is 4. The lowest BCUT2D eigenvalue weighted by Gasteiger charge is -2.06. The van der Waals surface area contributed by atoms with Gasteiger partial charge in [-0.3, -0.25) is 9.97 Å². The fourth-order valence-electron chi connectivity index (χ4n) is 1.23. The van der Waals surface area contributed by atoms with Crippen LogP contribution < -0.4 is 0 Å². The van der Waals surface area contributed by atoms with Gasteiger partial charge >= 0.3 is 0 Å². The van der Waals surface area contributed by atoms with Crippen LogP contribution in [-0.2, 0) is 6.42 Å². The fourth-order valence-corrected chi connectivity index (χ4v) is 1.84. The standard InChI is InChI=1S/C10H10N2OS/c13-9(10-6-12-7-14-10)5-8-1-3-11-4-2-8/h1-4,6-7,9,13H,5H2. The first-order valence-electron chi connectivity index (χ1n) is 4.31. The summed E-state index contributed by atoms with van der Waals surface area (Å²) in [5, 5.41) is 9.81. The Labute approximate surface area is 86.1 Å². The van der Waals surface area contributed by atoms with E-state index in [-0.39, 0.29) is 0 Å². The molecule has 2 aromatic heterocycles. The molecule has 0 saturated heterocycles. The number of pyridine rings is 1. The van der Waals surface area contributed by atoms with Gasteiger partial charge in [-0.15, -0.1) is 11.3 Å². The average Bonchev–Trinajstić information content (AvgIpc) is 2.72. The van der Waals surface area contributed by atoms with E-state index in [0.29, 0.717) is 6.42 Å². The van der Waals surface area contributed by atoms with Gasteiger partial charge in [-0.25, -0.2) is 0 Å². The highest BCUT2D eigenvalue weighted by molar-refractivity contribution is 7.09. The maximum absolute atomic E-state index is 9.81. The van der Waals surface area contributed by atoms with Crippen LogP contribution in [0.3, 0.4) is 0 Å². The molecule has 2 aromatic rings. The summed E-state index contributed by atoms with van der Waals surface area (Å²) >= 11 is 1.47. The molecule has 2 heterocycles. The molecule has 0 radical (unpaired) electrons. The van der Waals surface area contributed by atoms with Gasteiger partial charge in [0.1, 0.15) is 0 Å². The second kappa shape index (κ2) is 4.30. The third-order valence-corrected chi connectivity index (χ3v) is 2.84. The van der Waals surface area contributed by atoms with E-state index in [9.17, 15) is 5.11 Å². The molecule has 1 N–H and O–H groups in total. The topological polar surface area (TPSA) is 46.0 Å². The van der Waals surface area contributed by atoms with Crippen LogP contribution in [0.4, 0.5) is 0 Å². The summed E-state index contributed by atoms with van der Waals surface area (Å²) in [4.78, 5) is 8.76.